The smallest absolute Gasteiger partial charge is 0.336 e. The molecule has 2 N–H and O–H groups in total. The summed E-state index contributed by atoms with van der Waals surface area (Å²) in [6.07, 6.45) is 3.77. The highest BCUT2D eigenvalue weighted by Gasteiger charge is 2.16. The Balaban J connectivity index is 3.43. The van der Waals surface area contributed by atoms with E-state index in [0.717, 1.165) is 12.8 Å². The minimum atomic E-state index is -0.610. The lowest BCUT2D eigenvalue weighted by Crippen LogP contribution is -2.33. The first-order chi connectivity index (χ1) is 6.76. The van der Waals surface area contributed by atoms with Crippen LogP contribution in [0.5, 0.6) is 0 Å². The summed E-state index contributed by atoms with van der Waals surface area (Å²) < 4.78 is 9.83. The Morgan fingerprint density at radius 3 is 2.57 bits per heavy atom. The van der Waals surface area contributed by atoms with E-state index in [1.807, 2.05) is 0 Å². The van der Waals surface area contributed by atoms with Gasteiger partial charge in [-0.2, -0.15) is 0 Å². The normalized spacial score (nSPS) is 12.5. The van der Waals surface area contributed by atoms with E-state index in [-0.39, 0.29) is 12.5 Å². The van der Waals surface area contributed by atoms with Crippen LogP contribution in [0, 0.1) is 0 Å². The van der Waals surface area contributed by atoms with Gasteiger partial charge in [0.25, 0.3) is 0 Å². The zero-order valence-corrected chi connectivity index (χ0v) is 9.12. The van der Waals surface area contributed by atoms with Crippen LogP contribution < -0.4 is 5.73 Å². The molecule has 0 bridgehead atoms. The third-order valence-electron chi connectivity index (χ3n) is 2.00. The zero-order valence-electron chi connectivity index (χ0n) is 9.12. The number of carbonyl (C=O) groups is 1. The van der Waals surface area contributed by atoms with Gasteiger partial charge in [0.15, 0.2) is 6.10 Å². The van der Waals surface area contributed by atoms with E-state index in [0.29, 0.717) is 6.61 Å². The van der Waals surface area contributed by atoms with Crippen LogP contribution in [-0.2, 0) is 14.3 Å². The lowest BCUT2D eigenvalue weighted by atomic mass is 10.2. The molecule has 14 heavy (non-hydrogen) atoms. The quantitative estimate of drug-likeness (QED) is 0.473. The molecule has 84 valence electrons. The molecule has 4 nitrogen and oxygen atoms in total. The minimum Gasteiger partial charge on any atom is -0.464 e. The fourth-order valence-corrected chi connectivity index (χ4v) is 1.08. The highest BCUT2D eigenvalue weighted by Crippen LogP contribution is 2.00. The summed E-state index contributed by atoms with van der Waals surface area (Å²) in [5, 5.41) is 0. The number of ether oxygens (including phenoxy) is 2. The molecule has 0 radical (unpaired) electrons. The third-order valence-corrected chi connectivity index (χ3v) is 2.00. The largest absolute Gasteiger partial charge is 0.464 e. The second-order valence-electron chi connectivity index (χ2n) is 3.19. The fraction of sp³-hybridized carbons (Fsp3) is 0.900. The molecule has 0 saturated carbocycles. The maximum Gasteiger partial charge on any atom is 0.336 e. The molecule has 0 aliphatic carbocycles. The standard InChI is InChI=1S/C10H21NO3/c1-3-4-5-6-7-14-10(12)9(8-11)13-2/h9H,3-8,11H2,1-2H3. The van der Waals surface area contributed by atoms with Crippen LogP contribution >= 0.6 is 0 Å². The summed E-state index contributed by atoms with van der Waals surface area (Å²) in [4.78, 5) is 11.2. The predicted molar refractivity (Wildman–Crippen MR) is 55.0 cm³/mol. The molecule has 0 aliphatic heterocycles. The van der Waals surface area contributed by atoms with Gasteiger partial charge in [0, 0.05) is 13.7 Å². The van der Waals surface area contributed by atoms with Crippen LogP contribution in [-0.4, -0.2) is 32.3 Å². The first-order valence-electron chi connectivity index (χ1n) is 5.15. The van der Waals surface area contributed by atoms with Gasteiger partial charge in [-0.3, -0.25) is 0 Å². The number of nitrogens with two attached hydrogens (primary N) is 1. The van der Waals surface area contributed by atoms with Crippen molar-refractivity contribution < 1.29 is 14.3 Å². The van der Waals surface area contributed by atoms with Crippen LogP contribution in [0.4, 0.5) is 0 Å². The molecule has 0 aromatic rings. The SMILES string of the molecule is CCCCCCOC(=O)C(CN)OC. The van der Waals surface area contributed by atoms with Gasteiger partial charge in [-0.05, 0) is 6.42 Å². The molecule has 0 amide bonds. The van der Waals surface area contributed by atoms with Gasteiger partial charge in [0.05, 0.1) is 6.61 Å². The van der Waals surface area contributed by atoms with Crippen LogP contribution in [0.3, 0.4) is 0 Å². The maximum absolute atomic E-state index is 11.2. The number of esters is 1. The third kappa shape index (κ3) is 5.94. The average Bonchev–Trinajstić information content (AvgIpc) is 2.19. The summed E-state index contributed by atoms with van der Waals surface area (Å²) in [6, 6.07) is 0. The molecule has 1 atom stereocenters. The van der Waals surface area contributed by atoms with E-state index >= 15 is 0 Å². The number of unbranched alkanes of at least 4 members (excludes halogenated alkanes) is 3. The number of hydrogen-bond acceptors (Lipinski definition) is 4. The molecule has 0 fully saturated rings. The molecule has 1 unspecified atom stereocenters. The van der Waals surface area contributed by atoms with Gasteiger partial charge in [-0.25, -0.2) is 4.79 Å². The molecule has 0 spiro atoms. The second-order valence-corrected chi connectivity index (χ2v) is 3.19. The van der Waals surface area contributed by atoms with E-state index in [1.165, 1.54) is 20.0 Å². The second kappa shape index (κ2) is 8.97. The average molecular weight is 203 g/mol. The van der Waals surface area contributed by atoms with Crippen molar-refractivity contribution in [1.82, 2.24) is 0 Å². The van der Waals surface area contributed by atoms with Crippen LogP contribution in [0.25, 0.3) is 0 Å². The highest BCUT2D eigenvalue weighted by molar-refractivity contribution is 5.74. The Morgan fingerprint density at radius 2 is 2.07 bits per heavy atom. The van der Waals surface area contributed by atoms with Gasteiger partial charge in [-0.1, -0.05) is 26.2 Å². The molecule has 0 saturated heterocycles. The van der Waals surface area contributed by atoms with Gasteiger partial charge in [-0.15, -0.1) is 0 Å². The summed E-state index contributed by atoms with van der Waals surface area (Å²) >= 11 is 0. The molecule has 4 heteroatoms. The fourth-order valence-electron chi connectivity index (χ4n) is 1.08. The van der Waals surface area contributed by atoms with E-state index in [4.69, 9.17) is 15.2 Å². The van der Waals surface area contributed by atoms with Crippen molar-refractivity contribution in [2.45, 2.75) is 38.7 Å². The van der Waals surface area contributed by atoms with Crippen LogP contribution in [0.15, 0.2) is 0 Å². The zero-order chi connectivity index (χ0) is 10.8. The summed E-state index contributed by atoms with van der Waals surface area (Å²) in [5.41, 5.74) is 5.31. The number of methoxy groups -OCH3 is 1. The van der Waals surface area contributed by atoms with Crippen molar-refractivity contribution in [2.75, 3.05) is 20.3 Å². The van der Waals surface area contributed by atoms with Crippen molar-refractivity contribution >= 4 is 5.97 Å². The van der Waals surface area contributed by atoms with Crippen LogP contribution in [0.1, 0.15) is 32.6 Å². The van der Waals surface area contributed by atoms with Gasteiger partial charge in [0.1, 0.15) is 0 Å². The van der Waals surface area contributed by atoms with Crippen molar-refractivity contribution in [3.05, 3.63) is 0 Å². The summed E-state index contributed by atoms with van der Waals surface area (Å²) in [7, 11) is 1.45. The molecule has 0 aromatic heterocycles. The molecule has 0 aliphatic rings. The van der Waals surface area contributed by atoms with Crippen LogP contribution in [0.2, 0.25) is 0 Å². The van der Waals surface area contributed by atoms with E-state index in [9.17, 15) is 4.79 Å². The monoisotopic (exact) mass is 203 g/mol. The van der Waals surface area contributed by atoms with E-state index in [1.54, 1.807) is 0 Å². The van der Waals surface area contributed by atoms with E-state index < -0.39 is 6.10 Å². The van der Waals surface area contributed by atoms with Gasteiger partial charge in [0.2, 0.25) is 0 Å². The van der Waals surface area contributed by atoms with Crippen molar-refractivity contribution in [1.29, 1.82) is 0 Å². The Hall–Kier alpha value is -0.610. The Morgan fingerprint density at radius 1 is 1.36 bits per heavy atom. The Labute approximate surface area is 85.8 Å². The summed E-state index contributed by atoms with van der Waals surface area (Å²) in [6.45, 7) is 2.78. The van der Waals surface area contributed by atoms with E-state index in [2.05, 4.69) is 6.92 Å². The first kappa shape index (κ1) is 13.4. The van der Waals surface area contributed by atoms with Gasteiger partial charge >= 0.3 is 5.97 Å². The number of rotatable bonds is 8. The molecular weight excluding hydrogens is 182 g/mol. The lowest BCUT2D eigenvalue weighted by Gasteiger charge is -2.11. The van der Waals surface area contributed by atoms with Gasteiger partial charge < -0.3 is 15.2 Å². The molecular formula is C10H21NO3. The Kier molecular flexibility index (Phi) is 8.57. The van der Waals surface area contributed by atoms with Crippen molar-refractivity contribution in [3.63, 3.8) is 0 Å². The number of hydrogen-bond donors (Lipinski definition) is 1. The molecule has 0 rings (SSSR count). The maximum atomic E-state index is 11.2. The summed E-state index contributed by atoms with van der Waals surface area (Å²) in [5.74, 6) is -0.355. The Bertz CT molecular complexity index is 146. The topological polar surface area (TPSA) is 61.5 Å². The van der Waals surface area contributed by atoms with Crippen molar-refractivity contribution in [2.24, 2.45) is 5.73 Å². The highest BCUT2D eigenvalue weighted by atomic mass is 16.6. The van der Waals surface area contributed by atoms with Crippen molar-refractivity contribution in [3.8, 4) is 0 Å². The lowest BCUT2D eigenvalue weighted by molar-refractivity contribution is -0.154. The molecule has 0 aromatic carbocycles. The predicted octanol–water partition coefficient (Wildman–Crippen LogP) is 1.08. The molecule has 0 heterocycles. The first-order valence-corrected chi connectivity index (χ1v) is 5.15. The minimum absolute atomic E-state index is 0.171. The number of carbonyl (C=O) groups excluding carboxylic acids is 1.